The fourth-order valence-corrected chi connectivity index (χ4v) is 1.47. The fourth-order valence-electron chi connectivity index (χ4n) is 1.47. The number of morpholine rings is 1. The first kappa shape index (κ1) is 8.72. The van der Waals surface area contributed by atoms with Crippen molar-refractivity contribution in [2.24, 2.45) is 0 Å². The standard InChI is InChI=1S/C9H15N3O/c1-6-7(2)12-9(11-6)8-5-10-3-4-13-8/h8,10H,3-5H2,1-2H3,(H,11,12)/t8-/m1/s1. The molecule has 1 aliphatic rings. The third kappa shape index (κ3) is 1.73. The van der Waals surface area contributed by atoms with E-state index in [0.29, 0.717) is 0 Å². The average Bonchev–Trinajstić information content (AvgIpc) is 2.49. The third-order valence-corrected chi connectivity index (χ3v) is 2.38. The molecule has 1 fully saturated rings. The highest BCUT2D eigenvalue weighted by molar-refractivity contribution is 5.12. The summed E-state index contributed by atoms with van der Waals surface area (Å²) >= 11 is 0. The largest absolute Gasteiger partial charge is 0.368 e. The number of ether oxygens (including phenoxy) is 1. The van der Waals surface area contributed by atoms with Gasteiger partial charge >= 0.3 is 0 Å². The number of aromatic amines is 1. The zero-order chi connectivity index (χ0) is 9.26. The van der Waals surface area contributed by atoms with Gasteiger partial charge in [-0.3, -0.25) is 0 Å². The Morgan fingerprint density at radius 1 is 1.46 bits per heavy atom. The van der Waals surface area contributed by atoms with Crippen molar-refractivity contribution in [3.8, 4) is 0 Å². The van der Waals surface area contributed by atoms with E-state index in [1.54, 1.807) is 0 Å². The first-order chi connectivity index (χ1) is 6.27. The SMILES string of the molecule is Cc1nc([C@H]2CNCCO2)[nH]c1C. The lowest BCUT2D eigenvalue weighted by Gasteiger charge is -2.21. The monoisotopic (exact) mass is 181 g/mol. The van der Waals surface area contributed by atoms with Crippen LogP contribution in [0, 0.1) is 13.8 Å². The smallest absolute Gasteiger partial charge is 0.137 e. The lowest BCUT2D eigenvalue weighted by Crippen LogP contribution is -2.33. The van der Waals surface area contributed by atoms with E-state index in [4.69, 9.17) is 4.74 Å². The molecule has 2 heterocycles. The summed E-state index contributed by atoms with van der Waals surface area (Å²) in [6.45, 7) is 6.60. The number of hydrogen-bond donors (Lipinski definition) is 2. The molecular formula is C9H15N3O. The Kier molecular flexibility index (Phi) is 2.33. The fraction of sp³-hybridized carbons (Fsp3) is 0.667. The normalized spacial score (nSPS) is 23.4. The van der Waals surface area contributed by atoms with Gasteiger partial charge in [0.1, 0.15) is 11.9 Å². The number of hydrogen-bond acceptors (Lipinski definition) is 3. The Morgan fingerprint density at radius 3 is 2.85 bits per heavy atom. The van der Waals surface area contributed by atoms with Crippen molar-refractivity contribution in [1.82, 2.24) is 15.3 Å². The highest BCUT2D eigenvalue weighted by Crippen LogP contribution is 2.16. The number of aryl methyl sites for hydroxylation is 2. The molecule has 0 aromatic carbocycles. The van der Waals surface area contributed by atoms with Crippen LogP contribution in [0.1, 0.15) is 23.3 Å². The molecule has 1 aliphatic heterocycles. The van der Waals surface area contributed by atoms with Gasteiger partial charge in [-0.15, -0.1) is 0 Å². The number of imidazole rings is 1. The summed E-state index contributed by atoms with van der Waals surface area (Å²) in [6, 6.07) is 0. The summed E-state index contributed by atoms with van der Waals surface area (Å²) in [7, 11) is 0. The van der Waals surface area contributed by atoms with Crippen LogP contribution >= 0.6 is 0 Å². The number of H-pyrrole nitrogens is 1. The first-order valence-corrected chi connectivity index (χ1v) is 4.63. The second-order valence-corrected chi connectivity index (χ2v) is 3.40. The zero-order valence-electron chi connectivity index (χ0n) is 8.05. The predicted molar refractivity (Wildman–Crippen MR) is 49.6 cm³/mol. The molecule has 2 N–H and O–H groups in total. The van der Waals surface area contributed by atoms with E-state index in [9.17, 15) is 0 Å². The molecule has 1 aromatic heterocycles. The van der Waals surface area contributed by atoms with Crippen molar-refractivity contribution in [2.45, 2.75) is 20.0 Å². The van der Waals surface area contributed by atoms with Crippen molar-refractivity contribution in [2.75, 3.05) is 19.7 Å². The Labute approximate surface area is 77.7 Å². The quantitative estimate of drug-likeness (QED) is 0.670. The summed E-state index contributed by atoms with van der Waals surface area (Å²) in [6.07, 6.45) is 0.0983. The van der Waals surface area contributed by atoms with E-state index in [1.807, 2.05) is 13.8 Å². The first-order valence-electron chi connectivity index (χ1n) is 4.63. The molecule has 4 heteroatoms. The molecule has 0 unspecified atom stereocenters. The number of aromatic nitrogens is 2. The van der Waals surface area contributed by atoms with Crippen LogP contribution < -0.4 is 5.32 Å². The molecule has 2 rings (SSSR count). The zero-order valence-corrected chi connectivity index (χ0v) is 8.05. The van der Waals surface area contributed by atoms with Crippen molar-refractivity contribution in [3.05, 3.63) is 17.2 Å². The molecule has 13 heavy (non-hydrogen) atoms. The minimum absolute atomic E-state index is 0.0983. The summed E-state index contributed by atoms with van der Waals surface area (Å²) in [5.74, 6) is 0.946. The number of nitrogens with one attached hydrogen (secondary N) is 2. The van der Waals surface area contributed by atoms with E-state index in [2.05, 4.69) is 15.3 Å². The van der Waals surface area contributed by atoms with Gasteiger partial charge in [0, 0.05) is 18.8 Å². The predicted octanol–water partition coefficient (Wildman–Crippen LogP) is 0.687. The second kappa shape index (κ2) is 3.47. The molecule has 72 valence electrons. The van der Waals surface area contributed by atoms with Gasteiger partial charge in [0.05, 0.1) is 12.3 Å². The molecule has 0 saturated carbocycles. The lowest BCUT2D eigenvalue weighted by atomic mass is 10.3. The van der Waals surface area contributed by atoms with Crippen LogP contribution in [0.3, 0.4) is 0 Å². The summed E-state index contributed by atoms with van der Waals surface area (Å²) in [4.78, 5) is 7.65. The minimum Gasteiger partial charge on any atom is -0.368 e. The molecule has 1 atom stereocenters. The van der Waals surface area contributed by atoms with Crippen LogP contribution in [-0.2, 0) is 4.74 Å². The maximum Gasteiger partial charge on any atom is 0.137 e. The highest BCUT2D eigenvalue weighted by atomic mass is 16.5. The van der Waals surface area contributed by atoms with Gasteiger partial charge in [-0.05, 0) is 13.8 Å². The molecule has 0 radical (unpaired) electrons. The van der Waals surface area contributed by atoms with E-state index in [0.717, 1.165) is 36.9 Å². The maximum absolute atomic E-state index is 5.58. The maximum atomic E-state index is 5.58. The van der Waals surface area contributed by atoms with Crippen LogP contribution in [-0.4, -0.2) is 29.7 Å². The van der Waals surface area contributed by atoms with E-state index >= 15 is 0 Å². The summed E-state index contributed by atoms with van der Waals surface area (Å²) < 4.78 is 5.58. The molecular weight excluding hydrogens is 166 g/mol. The lowest BCUT2D eigenvalue weighted by molar-refractivity contribution is 0.0225. The van der Waals surface area contributed by atoms with Gasteiger partial charge in [-0.2, -0.15) is 0 Å². The Bertz CT molecular complexity index is 270. The molecule has 0 spiro atoms. The summed E-state index contributed by atoms with van der Waals surface area (Å²) in [5, 5.41) is 3.28. The Hall–Kier alpha value is -0.870. The van der Waals surface area contributed by atoms with Gasteiger partial charge in [-0.1, -0.05) is 0 Å². The third-order valence-electron chi connectivity index (χ3n) is 2.38. The molecule has 0 bridgehead atoms. The van der Waals surface area contributed by atoms with Crippen molar-refractivity contribution < 1.29 is 4.74 Å². The molecule has 1 aromatic rings. The molecule has 1 saturated heterocycles. The van der Waals surface area contributed by atoms with Gasteiger partial charge in [0.2, 0.25) is 0 Å². The van der Waals surface area contributed by atoms with Gasteiger partial charge in [0.15, 0.2) is 0 Å². The molecule has 0 amide bonds. The van der Waals surface area contributed by atoms with Gasteiger partial charge in [-0.25, -0.2) is 4.98 Å². The van der Waals surface area contributed by atoms with Crippen LogP contribution in [0.5, 0.6) is 0 Å². The van der Waals surface area contributed by atoms with Crippen LogP contribution in [0.25, 0.3) is 0 Å². The van der Waals surface area contributed by atoms with Gasteiger partial charge in [0.25, 0.3) is 0 Å². The highest BCUT2D eigenvalue weighted by Gasteiger charge is 2.18. The van der Waals surface area contributed by atoms with Gasteiger partial charge < -0.3 is 15.0 Å². The molecule has 4 nitrogen and oxygen atoms in total. The van der Waals surface area contributed by atoms with Crippen LogP contribution in [0.2, 0.25) is 0 Å². The van der Waals surface area contributed by atoms with E-state index in [1.165, 1.54) is 0 Å². The topological polar surface area (TPSA) is 49.9 Å². The Morgan fingerprint density at radius 2 is 2.31 bits per heavy atom. The molecule has 0 aliphatic carbocycles. The van der Waals surface area contributed by atoms with E-state index < -0.39 is 0 Å². The van der Waals surface area contributed by atoms with Crippen molar-refractivity contribution in [3.63, 3.8) is 0 Å². The van der Waals surface area contributed by atoms with Crippen LogP contribution in [0.15, 0.2) is 0 Å². The average molecular weight is 181 g/mol. The minimum atomic E-state index is 0.0983. The van der Waals surface area contributed by atoms with Crippen molar-refractivity contribution in [1.29, 1.82) is 0 Å². The number of rotatable bonds is 1. The van der Waals surface area contributed by atoms with E-state index in [-0.39, 0.29) is 6.10 Å². The Balaban J connectivity index is 2.14. The number of nitrogens with zero attached hydrogens (tertiary/aromatic N) is 1. The van der Waals surface area contributed by atoms with Crippen LogP contribution in [0.4, 0.5) is 0 Å². The van der Waals surface area contributed by atoms with Crippen molar-refractivity contribution >= 4 is 0 Å². The summed E-state index contributed by atoms with van der Waals surface area (Å²) in [5.41, 5.74) is 2.19. The second-order valence-electron chi connectivity index (χ2n) is 3.40.